The minimum absolute atomic E-state index is 0.000336. The van der Waals surface area contributed by atoms with Gasteiger partial charge in [-0.15, -0.1) is 0 Å². The zero-order valence-electron chi connectivity index (χ0n) is 11.8. The van der Waals surface area contributed by atoms with E-state index < -0.39 is 16.0 Å². The SMILES string of the molecule is CN(C)S(=O)(=O)Nc1ccc(Nc2ccc(F)c(Cl)c2)nc1. The van der Waals surface area contributed by atoms with E-state index in [4.69, 9.17) is 11.6 Å². The van der Waals surface area contributed by atoms with Crippen molar-refractivity contribution in [1.29, 1.82) is 0 Å². The van der Waals surface area contributed by atoms with Crippen LogP contribution >= 0.6 is 11.6 Å². The Bertz CT molecular complexity index is 766. The van der Waals surface area contributed by atoms with Crippen LogP contribution in [-0.2, 0) is 10.2 Å². The van der Waals surface area contributed by atoms with Crippen molar-refractivity contribution >= 4 is 39.0 Å². The molecule has 2 rings (SSSR count). The molecule has 22 heavy (non-hydrogen) atoms. The molecule has 2 aromatic rings. The maximum absolute atomic E-state index is 13.1. The van der Waals surface area contributed by atoms with Crippen molar-refractivity contribution in [2.75, 3.05) is 24.1 Å². The van der Waals surface area contributed by atoms with Crippen molar-refractivity contribution in [3.63, 3.8) is 0 Å². The highest BCUT2D eigenvalue weighted by Crippen LogP contribution is 2.22. The van der Waals surface area contributed by atoms with Crippen LogP contribution in [0.5, 0.6) is 0 Å². The quantitative estimate of drug-likeness (QED) is 0.874. The molecule has 0 saturated heterocycles. The molecule has 1 aromatic heterocycles. The average Bonchev–Trinajstić information content (AvgIpc) is 2.44. The van der Waals surface area contributed by atoms with Crippen molar-refractivity contribution in [2.45, 2.75) is 0 Å². The maximum atomic E-state index is 13.1. The van der Waals surface area contributed by atoms with Crippen LogP contribution in [0.2, 0.25) is 5.02 Å². The Balaban J connectivity index is 2.10. The van der Waals surface area contributed by atoms with E-state index in [0.717, 1.165) is 4.31 Å². The Morgan fingerprint density at radius 2 is 1.86 bits per heavy atom. The number of nitrogens with zero attached hydrogens (tertiary/aromatic N) is 2. The van der Waals surface area contributed by atoms with Crippen LogP contribution in [0.15, 0.2) is 36.5 Å². The predicted molar refractivity (Wildman–Crippen MR) is 85.2 cm³/mol. The Morgan fingerprint density at radius 3 is 2.41 bits per heavy atom. The first-order valence-corrected chi connectivity index (χ1v) is 7.98. The summed E-state index contributed by atoms with van der Waals surface area (Å²) in [5.74, 6) is -0.0379. The summed E-state index contributed by atoms with van der Waals surface area (Å²) < 4.78 is 39.8. The molecule has 0 radical (unpaired) electrons. The van der Waals surface area contributed by atoms with Crippen LogP contribution < -0.4 is 10.0 Å². The third-order valence-corrected chi connectivity index (χ3v) is 4.43. The van der Waals surface area contributed by atoms with Gasteiger partial charge in [-0.25, -0.2) is 9.37 Å². The zero-order chi connectivity index (χ0) is 16.3. The number of hydrogen-bond acceptors (Lipinski definition) is 4. The minimum atomic E-state index is -3.57. The number of benzene rings is 1. The molecule has 0 aliphatic heterocycles. The summed E-state index contributed by atoms with van der Waals surface area (Å²) in [7, 11) is -0.728. The second-order valence-electron chi connectivity index (χ2n) is 4.58. The molecular formula is C13H14ClFN4O2S. The van der Waals surface area contributed by atoms with Gasteiger partial charge in [0, 0.05) is 19.8 Å². The molecule has 0 aliphatic carbocycles. The molecule has 118 valence electrons. The van der Waals surface area contributed by atoms with E-state index in [1.165, 1.54) is 38.5 Å². The molecule has 0 saturated carbocycles. The fourth-order valence-electron chi connectivity index (χ4n) is 1.49. The van der Waals surface area contributed by atoms with E-state index in [1.54, 1.807) is 12.1 Å². The number of pyridine rings is 1. The maximum Gasteiger partial charge on any atom is 0.301 e. The van der Waals surface area contributed by atoms with E-state index in [1.807, 2.05) is 0 Å². The second kappa shape index (κ2) is 6.47. The standard InChI is InChI=1S/C13H14ClFN4O2S/c1-19(2)22(20,21)18-10-4-6-13(16-8-10)17-9-3-5-12(15)11(14)7-9/h3-8,18H,1-2H3,(H,16,17). The summed E-state index contributed by atoms with van der Waals surface area (Å²) in [4.78, 5) is 4.08. The van der Waals surface area contributed by atoms with Crippen molar-refractivity contribution in [3.8, 4) is 0 Å². The van der Waals surface area contributed by atoms with Gasteiger partial charge < -0.3 is 5.32 Å². The number of nitrogens with one attached hydrogen (secondary N) is 2. The van der Waals surface area contributed by atoms with E-state index >= 15 is 0 Å². The molecule has 9 heteroatoms. The summed E-state index contributed by atoms with van der Waals surface area (Å²) >= 11 is 5.69. The molecule has 1 heterocycles. The van der Waals surface area contributed by atoms with Gasteiger partial charge in [-0.1, -0.05) is 11.6 Å². The van der Waals surface area contributed by atoms with Gasteiger partial charge >= 0.3 is 10.2 Å². The number of hydrogen-bond donors (Lipinski definition) is 2. The third kappa shape index (κ3) is 4.06. The Labute approximate surface area is 133 Å². The Morgan fingerprint density at radius 1 is 1.18 bits per heavy atom. The largest absolute Gasteiger partial charge is 0.340 e. The summed E-state index contributed by atoms with van der Waals surface area (Å²) in [5.41, 5.74) is 0.900. The Kier molecular flexibility index (Phi) is 4.84. The van der Waals surface area contributed by atoms with Gasteiger partial charge in [0.1, 0.15) is 11.6 Å². The van der Waals surface area contributed by atoms with Gasteiger partial charge in [0.25, 0.3) is 0 Å². The minimum Gasteiger partial charge on any atom is -0.340 e. The van der Waals surface area contributed by atoms with Crippen LogP contribution in [0.1, 0.15) is 0 Å². The molecule has 2 N–H and O–H groups in total. The molecule has 0 unspecified atom stereocenters. The number of aromatic nitrogens is 1. The fourth-order valence-corrected chi connectivity index (χ4v) is 2.27. The first-order chi connectivity index (χ1) is 10.3. The number of anilines is 3. The summed E-state index contributed by atoms with van der Waals surface area (Å²) in [6, 6.07) is 7.34. The van der Waals surface area contributed by atoms with Crippen molar-refractivity contribution in [3.05, 3.63) is 47.4 Å². The molecule has 0 spiro atoms. The van der Waals surface area contributed by atoms with Crippen LogP contribution in [0.4, 0.5) is 21.6 Å². The zero-order valence-corrected chi connectivity index (χ0v) is 13.4. The van der Waals surface area contributed by atoms with Gasteiger partial charge in [-0.3, -0.25) is 4.72 Å². The highest BCUT2D eigenvalue weighted by Gasteiger charge is 2.12. The lowest BCUT2D eigenvalue weighted by molar-refractivity contribution is 0.527. The predicted octanol–water partition coefficient (Wildman–Crippen LogP) is 2.84. The molecule has 0 bridgehead atoms. The third-order valence-electron chi connectivity index (χ3n) is 2.68. The summed E-state index contributed by atoms with van der Waals surface area (Å²) in [6.07, 6.45) is 1.37. The van der Waals surface area contributed by atoms with Crippen molar-refractivity contribution in [1.82, 2.24) is 9.29 Å². The van der Waals surface area contributed by atoms with E-state index in [2.05, 4.69) is 15.0 Å². The second-order valence-corrected chi connectivity index (χ2v) is 6.87. The van der Waals surface area contributed by atoms with Gasteiger partial charge in [-0.2, -0.15) is 12.7 Å². The van der Waals surface area contributed by atoms with Gasteiger partial charge in [0.15, 0.2) is 0 Å². The van der Waals surface area contributed by atoms with E-state index in [-0.39, 0.29) is 5.02 Å². The Hall–Kier alpha value is -1.90. The topological polar surface area (TPSA) is 74.3 Å². The first-order valence-electron chi connectivity index (χ1n) is 6.16. The highest BCUT2D eigenvalue weighted by molar-refractivity contribution is 7.90. The smallest absolute Gasteiger partial charge is 0.301 e. The van der Waals surface area contributed by atoms with Crippen molar-refractivity contribution < 1.29 is 12.8 Å². The summed E-state index contributed by atoms with van der Waals surface area (Å²) in [6.45, 7) is 0. The molecule has 6 nitrogen and oxygen atoms in total. The average molecular weight is 345 g/mol. The van der Waals surface area contributed by atoms with Crippen LogP contribution in [0.3, 0.4) is 0 Å². The lowest BCUT2D eigenvalue weighted by Gasteiger charge is -2.13. The molecular weight excluding hydrogens is 331 g/mol. The molecule has 0 amide bonds. The van der Waals surface area contributed by atoms with E-state index in [0.29, 0.717) is 17.2 Å². The molecule has 0 aliphatic rings. The van der Waals surface area contributed by atoms with Crippen LogP contribution in [0.25, 0.3) is 0 Å². The summed E-state index contributed by atoms with van der Waals surface area (Å²) in [5, 5.41) is 2.94. The van der Waals surface area contributed by atoms with E-state index in [9.17, 15) is 12.8 Å². The van der Waals surface area contributed by atoms with Gasteiger partial charge in [0.2, 0.25) is 0 Å². The monoisotopic (exact) mass is 344 g/mol. The molecule has 0 fully saturated rings. The number of halogens is 2. The molecule has 0 atom stereocenters. The molecule has 1 aromatic carbocycles. The van der Waals surface area contributed by atoms with Crippen molar-refractivity contribution in [2.24, 2.45) is 0 Å². The fraction of sp³-hybridized carbons (Fsp3) is 0.154. The highest BCUT2D eigenvalue weighted by atomic mass is 35.5. The normalized spacial score (nSPS) is 11.5. The lowest BCUT2D eigenvalue weighted by Crippen LogP contribution is -2.28. The first kappa shape index (κ1) is 16.5. The van der Waals surface area contributed by atoms with Crippen LogP contribution in [-0.4, -0.2) is 31.8 Å². The van der Waals surface area contributed by atoms with Gasteiger partial charge in [0.05, 0.1) is 16.9 Å². The van der Waals surface area contributed by atoms with Gasteiger partial charge in [-0.05, 0) is 30.3 Å². The van der Waals surface area contributed by atoms with Crippen LogP contribution in [0, 0.1) is 5.82 Å². The number of rotatable bonds is 5. The lowest BCUT2D eigenvalue weighted by atomic mass is 10.3.